The Morgan fingerprint density at radius 3 is 2.63 bits per heavy atom. The van der Waals surface area contributed by atoms with Crippen LogP contribution in [0.1, 0.15) is 25.8 Å². The molecule has 0 aromatic heterocycles. The van der Waals surface area contributed by atoms with E-state index in [-0.39, 0.29) is 6.04 Å². The number of nitrogens with two attached hydrogens (primary N) is 1. The second kappa shape index (κ2) is 6.99. The first-order valence-electron chi connectivity index (χ1n) is 6.29. The van der Waals surface area contributed by atoms with E-state index >= 15 is 0 Å². The molecular weight excluding hydrogens is 246 g/mol. The number of carbonyl (C=O) groups is 1. The van der Waals surface area contributed by atoms with E-state index < -0.39 is 12.1 Å². The van der Waals surface area contributed by atoms with E-state index in [2.05, 4.69) is 0 Å². The normalized spacial score (nSPS) is 13.7. The van der Waals surface area contributed by atoms with Crippen LogP contribution in [0.5, 0.6) is 11.5 Å². The Bertz CT molecular complexity index is 433. The number of hydrogen-bond acceptors (Lipinski definition) is 4. The van der Waals surface area contributed by atoms with Crippen molar-refractivity contribution in [2.45, 2.75) is 38.8 Å². The average Bonchev–Trinajstić information content (AvgIpc) is 2.38. The van der Waals surface area contributed by atoms with Crippen LogP contribution in [-0.2, 0) is 11.2 Å². The molecule has 1 aromatic carbocycles. The van der Waals surface area contributed by atoms with Gasteiger partial charge in [-0.05, 0) is 37.5 Å². The van der Waals surface area contributed by atoms with Crippen molar-refractivity contribution in [3.8, 4) is 11.5 Å². The van der Waals surface area contributed by atoms with Crippen molar-refractivity contribution < 1.29 is 19.4 Å². The fraction of sp³-hybridized carbons (Fsp3) is 0.500. The maximum Gasteiger partial charge on any atom is 0.344 e. The van der Waals surface area contributed by atoms with E-state index in [4.69, 9.17) is 20.3 Å². The van der Waals surface area contributed by atoms with Crippen molar-refractivity contribution in [3.05, 3.63) is 23.8 Å². The Hall–Kier alpha value is -1.75. The number of rotatable bonds is 7. The number of ether oxygens (including phenoxy) is 2. The number of methoxy groups -OCH3 is 1. The van der Waals surface area contributed by atoms with Crippen molar-refractivity contribution in [1.82, 2.24) is 0 Å². The Morgan fingerprint density at radius 2 is 2.11 bits per heavy atom. The predicted octanol–water partition coefficient (Wildman–Crippen LogP) is 1.83. The molecule has 0 saturated carbocycles. The van der Waals surface area contributed by atoms with Crippen LogP contribution in [0.15, 0.2) is 18.2 Å². The summed E-state index contributed by atoms with van der Waals surface area (Å²) < 4.78 is 10.6. The second-order valence-corrected chi connectivity index (χ2v) is 4.46. The van der Waals surface area contributed by atoms with Crippen LogP contribution in [0.4, 0.5) is 0 Å². The van der Waals surface area contributed by atoms with Crippen LogP contribution < -0.4 is 15.2 Å². The van der Waals surface area contributed by atoms with Crippen molar-refractivity contribution in [2.24, 2.45) is 5.73 Å². The second-order valence-electron chi connectivity index (χ2n) is 4.46. The highest BCUT2D eigenvalue weighted by atomic mass is 16.5. The van der Waals surface area contributed by atoms with Gasteiger partial charge in [0.15, 0.2) is 17.6 Å². The lowest BCUT2D eigenvalue weighted by Gasteiger charge is -2.16. The van der Waals surface area contributed by atoms with Crippen molar-refractivity contribution >= 4 is 5.97 Å². The quantitative estimate of drug-likeness (QED) is 0.787. The molecule has 1 rings (SSSR count). The minimum Gasteiger partial charge on any atom is -0.493 e. The summed E-state index contributed by atoms with van der Waals surface area (Å²) >= 11 is 0. The SMILES string of the molecule is CCC(N)Cc1ccc(OC)c(OC(C)C(=O)O)c1. The van der Waals surface area contributed by atoms with E-state index in [0.717, 1.165) is 18.4 Å². The smallest absolute Gasteiger partial charge is 0.344 e. The van der Waals surface area contributed by atoms with Gasteiger partial charge in [-0.1, -0.05) is 13.0 Å². The zero-order valence-electron chi connectivity index (χ0n) is 11.6. The predicted molar refractivity (Wildman–Crippen MR) is 72.7 cm³/mol. The summed E-state index contributed by atoms with van der Waals surface area (Å²) in [7, 11) is 1.52. The third-order valence-corrected chi connectivity index (χ3v) is 2.90. The Balaban J connectivity index is 2.92. The molecule has 1 aromatic rings. The molecule has 0 saturated heterocycles. The van der Waals surface area contributed by atoms with Gasteiger partial charge in [-0.3, -0.25) is 0 Å². The number of aliphatic carboxylic acids is 1. The van der Waals surface area contributed by atoms with Crippen LogP contribution in [-0.4, -0.2) is 30.3 Å². The summed E-state index contributed by atoms with van der Waals surface area (Å²) in [4.78, 5) is 10.8. The first-order valence-corrected chi connectivity index (χ1v) is 6.29. The van der Waals surface area contributed by atoms with Crippen LogP contribution in [0, 0.1) is 0 Å². The lowest BCUT2D eigenvalue weighted by Crippen LogP contribution is -2.23. The van der Waals surface area contributed by atoms with Gasteiger partial charge in [-0.2, -0.15) is 0 Å². The average molecular weight is 267 g/mol. The molecule has 0 aliphatic carbocycles. The Kier molecular flexibility index (Phi) is 5.63. The lowest BCUT2D eigenvalue weighted by molar-refractivity contribution is -0.144. The molecule has 5 heteroatoms. The molecule has 106 valence electrons. The van der Waals surface area contributed by atoms with Gasteiger partial charge in [0.2, 0.25) is 0 Å². The maximum absolute atomic E-state index is 10.8. The zero-order chi connectivity index (χ0) is 14.4. The number of hydrogen-bond donors (Lipinski definition) is 2. The van der Waals surface area contributed by atoms with Gasteiger partial charge < -0.3 is 20.3 Å². The third-order valence-electron chi connectivity index (χ3n) is 2.90. The summed E-state index contributed by atoms with van der Waals surface area (Å²) in [6.07, 6.45) is 0.676. The van der Waals surface area contributed by atoms with Gasteiger partial charge in [0.1, 0.15) is 0 Å². The number of carboxylic acids is 1. The topological polar surface area (TPSA) is 81.8 Å². The fourth-order valence-electron chi connectivity index (χ4n) is 1.63. The molecule has 0 heterocycles. The van der Waals surface area contributed by atoms with Gasteiger partial charge in [0.25, 0.3) is 0 Å². The fourth-order valence-corrected chi connectivity index (χ4v) is 1.63. The number of benzene rings is 1. The molecular formula is C14H21NO4. The van der Waals surface area contributed by atoms with Gasteiger partial charge >= 0.3 is 5.97 Å². The van der Waals surface area contributed by atoms with Gasteiger partial charge in [0.05, 0.1) is 7.11 Å². The van der Waals surface area contributed by atoms with Crippen molar-refractivity contribution in [1.29, 1.82) is 0 Å². The summed E-state index contributed by atoms with van der Waals surface area (Å²) in [5.74, 6) is -0.0714. The highest BCUT2D eigenvalue weighted by molar-refractivity contribution is 5.72. The van der Waals surface area contributed by atoms with Crippen LogP contribution >= 0.6 is 0 Å². The molecule has 0 fully saturated rings. The van der Waals surface area contributed by atoms with E-state index in [1.54, 1.807) is 12.1 Å². The minimum atomic E-state index is -1.02. The Labute approximate surface area is 113 Å². The largest absolute Gasteiger partial charge is 0.493 e. The molecule has 0 aliphatic heterocycles. The zero-order valence-corrected chi connectivity index (χ0v) is 11.6. The van der Waals surface area contributed by atoms with Gasteiger partial charge in [0, 0.05) is 6.04 Å². The maximum atomic E-state index is 10.8. The Morgan fingerprint density at radius 1 is 1.42 bits per heavy atom. The lowest BCUT2D eigenvalue weighted by atomic mass is 10.0. The van der Waals surface area contributed by atoms with Gasteiger partial charge in [-0.25, -0.2) is 4.79 Å². The van der Waals surface area contributed by atoms with Crippen molar-refractivity contribution in [2.75, 3.05) is 7.11 Å². The van der Waals surface area contributed by atoms with Crippen LogP contribution in [0.2, 0.25) is 0 Å². The number of carboxylic acid groups (broad SMARTS) is 1. The molecule has 5 nitrogen and oxygen atoms in total. The van der Waals surface area contributed by atoms with E-state index in [1.165, 1.54) is 14.0 Å². The molecule has 0 aliphatic rings. The minimum absolute atomic E-state index is 0.0816. The van der Waals surface area contributed by atoms with Crippen LogP contribution in [0.25, 0.3) is 0 Å². The summed E-state index contributed by atoms with van der Waals surface area (Å²) in [5, 5.41) is 8.87. The molecule has 0 amide bonds. The molecule has 3 N–H and O–H groups in total. The van der Waals surface area contributed by atoms with E-state index in [0.29, 0.717) is 11.5 Å². The highest BCUT2D eigenvalue weighted by Gasteiger charge is 2.16. The molecule has 0 bridgehead atoms. The molecule has 0 spiro atoms. The molecule has 0 radical (unpaired) electrons. The molecule has 2 atom stereocenters. The third kappa shape index (κ3) is 4.44. The highest BCUT2D eigenvalue weighted by Crippen LogP contribution is 2.29. The summed E-state index contributed by atoms with van der Waals surface area (Å²) in [5.41, 5.74) is 6.91. The standard InChI is InChI=1S/C14H21NO4/c1-4-11(15)7-10-5-6-12(18-3)13(8-10)19-9(2)14(16)17/h5-6,8-9,11H,4,7,15H2,1-3H3,(H,16,17). The molecule has 19 heavy (non-hydrogen) atoms. The van der Waals surface area contributed by atoms with Crippen LogP contribution in [0.3, 0.4) is 0 Å². The summed E-state index contributed by atoms with van der Waals surface area (Å²) in [6, 6.07) is 5.54. The first-order chi connectivity index (χ1) is 8.97. The first kappa shape index (κ1) is 15.3. The molecule has 2 unspecified atom stereocenters. The summed E-state index contributed by atoms with van der Waals surface area (Å²) in [6.45, 7) is 3.50. The van der Waals surface area contributed by atoms with E-state index in [9.17, 15) is 4.79 Å². The van der Waals surface area contributed by atoms with Crippen molar-refractivity contribution in [3.63, 3.8) is 0 Å². The van der Waals surface area contributed by atoms with E-state index in [1.807, 2.05) is 13.0 Å². The van der Waals surface area contributed by atoms with Gasteiger partial charge in [-0.15, -0.1) is 0 Å². The monoisotopic (exact) mass is 267 g/mol.